The topological polar surface area (TPSA) is 44.5 Å². The Balaban J connectivity index is 2.43. The Kier molecular flexibility index (Phi) is 7.08. The third kappa shape index (κ3) is 4.98. The molecule has 17 heavy (non-hydrogen) atoms. The van der Waals surface area contributed by atoms with Gasteiger partial charge in [-0.1, -0.05) is 12.1 Å². The molecule has 0 atom stereocenters. The molecular weight excluding hydrogens is 234 g/mol. The van der Waals surface area contributed by atoms with Gasteiger partial charge in [-0.15, -0.1) is 0 Å². The fourth-order valence-electron chi connectivity index (χ4n) is 1.54. The molecule has 1 aromatic rings. The summed E-state index contributed by atoms with van der Waals surface area (Å²) in [7, 11) is 3.42. The largest absolute Gasteiger partial charge is 0.496 e. The highest BCUT2D eigenvalue weighted by Gasteiger charge is 2.02. The summed E-state index contributed by atoms with van der Waals surface area (Å²) in [5, 5.41) is 0. The first-order valence-electron chi connectivity index (χ1n) is 5.74. The van der Waals surface area contributed by atoms with Crippen molar-refractivity contribution in [2.45, 2.75) is 18.7 Å². The van der Waals surface area contributed by atoms with Gasteiger partial charge in [-0.2, -0.15) is 11.8 Å². The third-order valence-corrected chi connectivity index (χ3v) is 3.59. The minimum absolute atomic E-state index is 0.518. The van der Waals surface area contributed by atoms with Gasteiger partial charge in [0.1, 0.15) is 5.75 Å². The molecule has 0 amide bonds. The summed E-state index contributed by atoms with van der Waals surface area (Å²) in [6.07, 6.45) is 1.10. The number of nitrogens with two attached hydrogens (primary N) is 1. The molecule has 0 fully saturated rings. The van der Waals surface area contributed by atoms with Crippen LogP contribution in [0.5, 0.6) is 5.75 Å². The summed E-state index contributed by atoms with van der Waals surface area (Å²) in [6.45, 7) is 1.35. The van der Waals surface area contributed by atoms with E-state index in [2.05, 4.69) is 12.1 Å². The average Bonchev–Trinajstić information content (AvgIpc) is 2.38. The van der Waals surface area contributed by atoms with Crippen LogP contribution in [0.3, 0.4) is 0 Å². The van der Waals surface area contributed by atoms with Gasteiger partial charge < -0.3 is 15.2 Å². The van der Waals surface area contributed by atoms with Gasteiger partial charge in [0, 0.05) is 31.6 Å². The van der Waals surface area contributed by atoms with Crippen LogP contribution in [0.15, 0.2) is 18.2 Å². The van der Waals surface area contributed by atoms with Gasteiger partial charge in [-0.3, -0.25) is 0 Å². The van der Waals surface area contributed by atoms with Crippen LogP contribution in [0.25, 0.3) is 0 Å². The van der Waals surface area contributed by atoms with Crippen molar-refractivity contribution in [1.82, 2.24) is 0 Å². The van der Waals surface area contributed by atoms with Gasteiger partial charge in [-0.05, 0) is 23.8 Å². The van der Waals surface area contributed by atoms with Crippen LogP contribution in [0, 0.1) is 0 Å². The number of hydrogen-bond acceptors (Lipinski definition) is 4. The smallest absolute Gasteiger partial charge is 0.123 e. The monoisotopic (exact) mass is 255 g/mol. The maximum Gasteiger partial charge on any atom is 0.123 e. The Morgan fingerprint density at radius 2 is 2.12 bits per heavy atom. The fraction of sp³-hybridized carbons (Fsp3) is 0.538. The SMILES string of the molecule is COCCCSCc1ccc(CN)c(OC)c1. The number of ether oxygens (including phenoxy) is 2. The van der Waals surface area contributed by atoms with Crippen molar-refractivity contribution in [3.63, 3.8) is 0 Å². The molecule has 0 saturated carbocycles. The van der Waals surface area contributed by atoms with Gasteiger partial charge in [0.2, 0.25) is 0 Å². The second kappa shape index (κ2) is 8.39. The van der Waals surface area contributed by atoms with Crippen LogP contribution < -0.4 is 10.5 Å². The zero-order chi connectivity index (χ0) is 12.5. The van der Waals surface area contributed by atoms with Crippen LogP contribution in [0.4, 0.5) is 0 Å². The van der Waals surface area contributed by atoms with Gasteiger partial charge in [0.05, 0.1) is 7.11 Å². The highest BCUT2D eigenvalue weighted by Crippen LogP contribution is 2.22. The predicted octanol–water partition coefficient (Wildman–Crippen LogP) is 2.42. The lowest BCUT2D eigenvalue weighted by Crippen LogP contribution is -2.00. The molecule has 0 aromatic heterocycles. The number of hydrogen-bond donors (Lipinski definition) is 1. The molecule has 0 aliphatic heterocycles. The summed E-state index contributed by atoms with van der Waals surface area (Å²) in [5.41, 5.74) is 7.97. The van der Waals surface area contributed by atoms with Crippen LogP contribution in [0.1, 0.15) is 17.5 Å². The molecule has 4 heteroatoms. The van der Waals surface area contributed by atoms with Crippen molar-refractivity contribution in [3.05, 3.63) is 29.3 Å². The summed E-state index contributed by atoms with van der Waals surface area (Å²) >= 11 is 1.91. The number of thioether (sulfide) groups is 1. The van der Waals surface area contributed by atoms with E-state index in [1.165, 1.54) is 5.56 Å². The lowest BCUT2D eigenvalue weighted by atomic mass is 10.1. The molecule has 0 aliphatic rings. The van der Waals surface area contributed by atoms with Crippen LogP contribution >= 0.6 is 11.8 Å². The average molecular weight is 255 g/mol. The van der Waals surface area contributed by atoms with E-state index < -0.39 is 0 Å². The first kappa shape index (κ1) is 14.4. The van der Waals surface area contributed by atoms with Crippen molar-refractivity contribution >= 4 is 11.8 Å². The minimum Gasteiger partial charge on any atom is -0.496 e. The Morgan fingerprint density at radius 1 is 1.29 bits per heavy atom. The van der Waals surface area contributed by atoms with E-state index in [1.54, 1.807) is 14.2 Å². The van der Waals surface area contributed by atoms with Crippen molar-refractivity contribution in [1.29, 1.82) is 0 Å². The normalized spacial score (nSPS) is 10.5. The number of methoxy groups -OCH3 is 2. The second-order valence-corrected chi connectivity index (χ2v) is 4.85. The maximum absolute atomic E-state index is 5.63. The molecule has 2 N–H and O–H groups in total. The molecular formula is C13H21NO2S. The van der Waals surface area contributed by atoms with Crippen LogP contribution in [0.2, 0.25) is 0 Å². The van der Waals surface area contributed by atoms with Crippen molar-refractivity contribution in [2.75, 3.05) is 26.6 Å². The van der Waals surface area contributed by atoms with E-state index in [0.29, 0.717) is 6.54 Å². The maximum atomic E-state index is 5.63. The van der Waals surface area contributed by atoms with E-state index in [0.717, 1.165) is 35.8 Å². The third-order valence-electron chi connectivity index (χ3n) is 2.48. The fourth-order valence-corrected chi connectivity index (χ4v) is 2.42. The van der Waals surface area contributed by atoms with Crippen LogP contribution in [-0.2, 0) is 17.0 Å². The van der Waals surface area contributed by atoms with Crippen molar-refractivity contribution in [3.8, 4) is 5.75 Å². The molecule has 0 aliphatic carbocycles. The molecule has 0 bridgehead atoms. The Labute approximate surface area is 108 Å². The van der Waals surface area contributed by atoms with Gasteiger partial charge in [0.15, 0.2) is 0 Å². The molecule has 0 heterocycles. The van der Waals surface area contributed by atoms with Crippen molar-refractivity contribution in [2.24, 2.45) is 5.73 Å². The lowest BCUT2D eigenvalue weighted by Gasteiger charge is -2.09. The van der Waals surface area contributed by atoms with E-state index in [4.69, 9.17) is 15.2 Å². The first-order valence-corrected chi connectivity index (χ1v) is 6.89. The summed E-state index contributed by atoms with van der Waals surface area (Å²) in [4.78, 5) is 0. The standard InChI is InChI=1S/C13H21NO2S/c1-15-6-3-7-17-10-11-4-5-12(9-14)13(8-11)16-2/h4-5,8H,3,6-7,9-10,14H2,1-2H3. The quantitative estimate of drug-likeness (QED) is 0.725. The molecule has 0 radical (unpaired) electrons. The van der Waals surface area contributed by atoms with Gasteiger partial charge >= 0.3 is 0 Å². The summed E-state index contributed by atoms with van der Waals surface area (Å²) in [5.74, 6) is 3.02. The van der Waals surface area contributed by atoms with E-state index in [1.807, 2.05) is 17.8 Å². The lowest BCUT2D eigenvalue weighted by molar-refractivity contribution is 0.200. The highest BCUT2D eigenvalue weighted by atomic mass is 32.2. The number of benzene rings is 1. The molecule has 0 unspecified atom stereocenters. The van der Waals surface area contributed by atoms with Gasteiger partial charge in [-0.25, -0.2) is 0 Å². The predicted molar refractivity (Wildman–Crippen MR) is 73.5 cm³/mol. The Bertz CT molecular complexity index is 331. The van der Waals surface area contributed by atoms with E-state index in [-0.39, 0.29) is 0 Å². The molecule has 1 rings (SSSR count). The first-order chi connectivity index (χ1) is 8.31. The molecule has 0 spiro atoms. The molecule has 1 aromatic carbocycles. The highest BCUT2D eigenvalue weighted by molar-refractivity contribution is 7.98. The van der Waals surface area contributed by atoms with E-state index in [9.17, 15) is 0 Å². The summed E-state index contributed by atoms with van der Waals surface area (Å²) < 4.78 is 10.3. The Morgan fingerprint density at radius 3 is 2.76 bits per heavy atom. The minimum atomic E-state index is 0.518. The van der Waals surface area contributed by atoms with Crippen molar-refractivity contribution < 1.29 is 9.47 Å². The molecule has 96 valence electrons. The molecule has 0 saturated heterocycles. The number of rotatable bonds is 8. The summed E-state index contributed by atoms with van der Waals surface area (Å²) in [6, 6.07) is 6.24. The zero-order valence-electron chi connectivity index (χ0n) is 10.6. The van der Waals surface area contributed by atoms with Gasteiger partial charge in [0.25, 0.3) is 0 Å². The molecule has 3 nitrogen and oxygen atoms in total. The second-order valence-electron chi connectivity index (χ2n) is 3.75. The Hall–Kier alpha value is -0.710. The van der Waals surface area contributed by atoms with Crippen LogP contribution in [-0.4, -0.2) is 26.6 Å². The zero-order valence-corrected chi connectivity index (χ0v) is 11.4. The van der Waals surface area contributed by atoms with E-state index >= 15 is 0 Å².